The molecule has 5 heteroatoms. The van der Waals surface area contributed by atoms with Crippen LogP contribution in [0.25, 0.3) is 45.1 Å². The summed E-state index contributed by atoms with van der Waals surface area (Å²) in [6.45, 7) is 8.07. The van der Waals surface area contributed by atoms with Crippen LogP contribution in [-0.2, 0) is 0 Å². The molecule has 31 heavy (non-hydrogen) atoms. The van der Waals surface area contributed by atoms with Crippen LogP contribution < -0.4 is 0 Å². The number of hydrogen-bond donors (Lipinski definition) is 1. The van der Waals surface area contributed by atoms with Gasteiger partial charge in [0.15, 0.2) is 0 Å². The van der Waals surface area contributed by atoms with E-state index >= 15 is 0 Å². The fourth-order valence-electron chi connectivity index (χ4n) is 3.95. The highest BCUT2D eigenvalue weighted by Crippen LogP contribution is 2.40. The van der Waals surface area contributed by atoms with Gasteiger partial charge in [-0.1, -0.05) is 36.1 Å². The summed E-state index contributed by atoms with van der Waals surface area (Å²) in [6, 6.07) is 20.2. The Labute approximate surface area is 184 Å². The molecule has 5 rings (SSSR count). The Balaban J connectivity index is 1.73. The molecule has 0 aliphatic rings. The van der Waals surface area contributed by atoms with Crippen molar-refractivity contribution in [2.75, 3.05) is 0 Å². The minimum absolute atomic E-state index is 0.232. The number of fused-ring (bicyclic) bond motifs is 1. The number of aryl methyl sites for hydroxylation is 2. The number of para-hydroxylation sites is 1. The van der Waals surface area contributed by atoms with Crippen molar-refractivity contribution < 1.29 is 5.11 Å². The highest BCUT2D eigenvalue weighted by atomic mass is 32.1. The maximum absolute atomic E-state index is 11.0. The second-order valence-corrected chi connectivity index (χ2v) is 8.67. The number of aromatic hydroxyl groups is 1. The van der Waals surface area contributed by atoms with Crippen molar-refractivity contribution >= 4 is 28.4 Å². The Morgan fingerprint density at radius 3 is 2.58 bits per heavy atom. The molecule has 1 N–H and O–H groups in total. The minimum atomic E-state index is 0.232. The van der Waals surface area contributed by atoms with Crippen LogP contribution in [0.15, 0.2) is 72.6 Å². The number of benzene rings is 3. The highest BCUT2D eigenvalue weighted by molar-refractivity contribution is 7.10. The first-order valence-corrected chi connectivity index (χ1v) is 10.9. The number of aromatic nitrogens is 3. The Hall–Kier alpha value is -3.70. The normalized spacial score (nSPS) is 11.2. The summed E-state index contributed by atoms with van der Waals surface area (Å²) in [4.78, 5) is 1.24. The van der Waals surface area contributed by atoms with Crippen molar-refractivity contribution in [3.63, 3.8) is 0 Å². The molecule has 3 aromatic carbocycles. The van der Waals surface area contributed by atoms with Crippen molar-refractivity contribution in [1.29, 1.82) is 0 Å². The summed E-state index contributed by atoms with van der Waals surface area (Å²) >= 11 is 1.72. The van der Waals surface area contributed by atoms with Crippen LogP contribution in [0.5, 0.6) is 5.75 Å². The lowest BCUT2D eigenvalue weighted by molar-refractivity contribution is 0.476. The number of thiophene rings is 1. The number of nitrogens with zero attached hydrogens (tertiary/aromatic N) is 3. The second kappa shape index (κ2) is 7.52. The molecule has 0 unspecified atom stereocenters. The van der Waals surface area contributed by atoms with Gasteiger partial charge in [-0.25, -0.2) is 4.68 Å². The van der Waals surface area contributed by atoms with Crippen molar-refractivity contribution in [3.8, 4) is 33.7 Å². The van der Waals surface area contributed by atoms with Crippen molar-refractivity contribution in [2.24, 2.45) is 0 Å². The SMILES string of the molecule is C=Cc1cc(-c2ccsc2C)cc(-c2cc(-n3nnc4ccccc43)ccc2C)c1O. The molecule has 0 spiro atoms. The molecule has 5 aromatic rings. The van der Waals surface area contributed by atoms with Gasteiger partial charge in [0.1, 0.15) is 11.3 Å². The van der Waals surface area contributed by atoms with E-state index in [2.05, 4.69) is 53.5 Å². The van der Waals surface area contributed by atoms with E-state index in [0.29, 0.717) is 5.56 Å². The second-order valence-electron chi connectivity index (χ2n) is 7.55. The van der Waals surface area contributed by atoms with Gasteiger partial charge in [-0.2, -0.15) is 0 Å². The van der Waals surface area contributed by atoms with Crippen LogP contribution in [0.2, 0.25) is 0 Å². The fraction of sp³-hybridized carbons (Fsp3) is 0.0769. The Bertz CT molecular complexity index is 1440. The van der Waals surface area contributed by atoms with Gasteiger partial charge in [0.2, 0.25) is 0 Å². The van der Waals surface area contributed by atoms with E-state index in [0.717, 1.165) is 39.0 Å². The maximum atomic E-state index is 11.0. The van der Waals surface area contributed by atoms with E-state index in [1.54, 1.807) is 17.4 Å². The van der Waals surface area contributed by atoms with Gasteiger partial charge in [0.25, 0.3) is 0 Å². The molecule has 0 saturated carbocycles. The van der Waals surface area contributed by atoms with E-state index in [4.69, 9.17) is 0 Å². The molecule has 4 nitrogen and oxygen atoms in total. The predicted molar refractivity (Wildman–Crippen MR) is 129 cm³/mol. The van der Waals surface area contributed by atoms with Gasteiger partial charge in [0.05, 0.1) is 11.2 Å². The maximum Gasteiger partial charge on any atom is 0.130 e. The van der Waals surface area contributed by atoms with Crippen LogP contribution in [0.3, 0.4) is 0 Å². The molecule has 0 amide bonds. The summed E-state index contributed by atoms with van der Waals surface area (Å²) in [5.41, 5.74) is 8.43. The van der Waals surface area contributed by atoms with Crippen molar-refractivity contribution in [2.45, 2.75) is 13.8 Å². The van der Waals surface area contributed by atoms with Gasteiger partial charge in [-0.3, -0.25) is 0 Å². The Morgan fingerprint density at radius 1 is 0.968 bits per heavy atom. The highest BCUT2D eigenvalue weighted by Gasteiger charge is 2.16. The van der Waals surface area contributed by atoms with E-state index in [-0.39, 0.29) is 5.75 Å². The van der Waals surface area contributed by atoms with E-state index in [1.807, 2.05) is 48.0 Å². The zero-order valence-electron chi connectivity index (χ0n) is 17.3. The standard InChI is InChI=1S/C26H21N3OS/c1-4-18-13-19(21-11-12-31-17(21)3)14-23(26(18)30)22-15-20(10-9-16(22)2)29-25-8-6-5-7-24(25)27-28-29/h4-15,30H,1H2,2-3H3. The van der Waals surface area contributed by atoms with Crippen LogP contribution in [0.4, 0.5) is 0 Å². The molecule has 0 atom stereocenters. The van der Waals surface area contributed by atoms with Crippen molar-refractivity contribution in [3.05, 3.63) is 88.6 Å². The first-order valence-electron chi connectivity index (χ1n) is 10.0. The molecular weight excluding hydrogens is 402 g/mol. The summed E-state index contributed by atoms with van der Waals surface area (Å²) in [5, 5.41) is 21.8. The van der Waals surface area contributed by atoms with Gasteiger partial charge in [0, 0.05) is 16.0 Å². The first-order chi connectivity index (χ1) is 15.1. The number of phenolic OH excluding ortho intramolecular Hbond substituents is 1. The van der Waals surface area contributed by atoms with Crippen LogP contribution in [0.1, 0.15) is 16.0 Å². The zero-order chi connectivity index (χ0) is 21.5. The zero-order valence-corrected chi connectivity index (χ0v) is 18.1. The monoisotopic (exact) mass is 423 g/mol. The molecule has 0 saturated heterocycles. The lowest BCUT2D eigenvalue weighted by Crippen LogP contribution is -1.98. The van der Waals surface area contributed by atoms with E-state index < -0.39 is 0 Å². The lowest BCUT2D eigenvalue weighted by atomic mass is 9.92. The molecule has 0 bridgehead atoms. The van der Waals surface area contributed by atoms with Crippen LogP contribution >= 0.6 is 11.3 Å². The minimum Gasteiger partial charge on any atom is -0.507 e. The third-order valence-corrected chi connectivity index (χ3v) is 6.48. The largest absolute Gasteiger partial charge is 0.507 e. The van der Waals surface area contributed by atoms with Crippen LogP contribution in [-0.4, -0.2) is 20.1 Å². The summed E-state index contributed by atoms with van der Waals surface area (Å²) < 4.78 is 1.83. The fourth-order valence-corrected chi connectivity index (χ4v) is 4.67. The quantitative estimate of drug-likeness (QED) is 0.346. The average molecular weight is 424 g/mol. The summed E-state index contributed by atoms with van der Waals surface area (Å²) in [5.74, 6) is 0.232. The van der Waals surface area contributed by atoms with E-state index in [1.165, 1.54) is 10.4 Å². The third kappa shape index (κ3) is 3.23. The third-order valence-electron chi connectivity index (χ3n) is 5.64. The number of rotatable bonds is 4. The molecule has 0 fully saturated rings. The number of hydrogen-bond acceptors (Lipinski definition) is 4. The van der Waals surface area contributed by atoms with Gasteiger partial charge >= 0.3 is 0 Å². The molecule has 152 valence electrons. The first kappa shape index (κ1) is 19.3. The molecule has 0 aliphatic carbocycles. The number of phenols is 1. The average Bonchev–Trinajstić information content (AvgIpc) is 3.41. The molecule has 2 heterocycles. The van der Waals surface area contributed by atoms with Crippen LogP contribution in [0, 0.1) is 13.8 Å². The predicted octanol–water partition coefficient (Wildman–Crippen LogP) is 6.78. The molecule has 0 aliphatic heterocycles. The van der Waals surface area contributed by atoms with Gasteiger partial charge in [-0.05, 0) is 83.9 Å². The van der Waals surface area contributed by atoms with Gasteiger partial charge < -0.3 is 5.11 Å². The molecular formula is C26H21N3OS. The molecule has 2 aromatic heterocycles. The lowest BCUT2D eigenvalue weighted by Gasteiger charge is -2.15. The summed E-state index contributed by atoms with van der Waals surface area (Å²) in [6.07, 6.45) is 1.70. The van der Waals surface area contributed by atoms with Crippen molar-refractivity contribution in [1.82, 2.24) is 15.0 Å². The molecule has 0 radical (unpaired) electrons. The van der Waals surface area contributed by atoms with E-state index in [9.17, 15) is 5.11 Å². The summed E-state index contributed by atoms with van der Waals surface area (Å²) in [7, 11) is 0. The van der Waals surface area contributed by atoms with Gasteiger partial charge in [-0.15, -0.1) is 16.4 Å². The Kier molecular flexibility index (Phi) is 4.68. The topological polar surface area (TPSA) is 50.9 Å². The smallest absolute Gasteiger partial charge is 0.130 e. The Morgan fingerprint density at radius 2 is 1.81 bits per heavy atom.